The molecule has 1 rings (SSSR count). The van der Waals surface area contributed by atoms with Crippen LogP contribution < -0.4 is 10.6 Å². The average molecular weight is 354 g/mol. The molecule has 0 aliphatic rings. The summed E-state index contributed by atoms with van der Waals surface area (Å²) in [6, 6.07) is 5.95. The Morgan fingerprint density at radius 3 is 2.52 bits per heavy atom. The SMILES string of the molecule is C[C@@H](CNC(=O)[C@H](O)C(C)(C)CO)NC(=O)CCc1ccccc1F. The maximum Gasteiger partial charge on any atom is 0.249 e. The van der Waals surface area contributed by atoms with E-state index in [1.165, 1.54) is 6.07 Å². The van der Waals surface area contributed by atoms with E-state index in [0.29, 0.717) is 12.0 Å². The monoisotopic (exact) mass is 354 g/mol. The number of amides is 2. The molecule has 0 spiro atoms. The van der Waals surface area contributed by atoms with Gasteiger partial charge in [0.05, 0.1) is 6.61 Å². The third-order valence-electron chi connectivity index (χ3n) is 3.97. The van der Waals surface area contributed by atoms with E-state index in [1.807, 2.05) is 0 Å². The smallest absolute Gasteiger partial charge is 0.249 e. The van der Waals surface area contributed by atoms with E-state index < -0.39 is 17.4 Å². The Hall–Kier alpha value is -1.99. The number of carbonyl (C=O) groups excluding carboxylic acids is 2. The molecular formula is C18H27FN2O4. The zero-order valence-electron chi connectivity index (χ0n) is 14.9. The highest BCUT2D eigenvalue weighted by Gasteiger charge is 2.32. The van der Waals surface area contributed by atoms with Crippen molar-refractivity contribution in [2.75, 3.05) is 13.2 Å². The summed E-state index contributed by atoms with van der Waals surface area (Å²) in [5.74, 6) is -1.19. The number of rotatable bonds is 9. The van der Waals surface area contributed by atoms with Gasteiger partial charge in [0.25, 0.3) is 0 Å². The first-order valence-corrected chi connectivity index (χ1v) is 8.26. The summed E-state index contributed by atoms with van der Waals surface area (Å²) in [6.45, 7) is 4.67. The van der Waals surface area contributed by atoms with Crippen molar-refractivity contribution in [3.63, 3.8) is 0 Å². The van der Waals surface area contributed by atoms with Gasteiger partial charge in [-0.05, 0) is 25.0 Å². The second-order valence-corrected chi connectivity index (χ2v) is 6.85. The van der Waals surface area contributed by atoms with Crippen molar-refractivity contribution in [3.8, 4) is 0 Å². The molecule has 0 aliphatic heterocycles. The van der Waals surface area contributed by atoms with Crippen LogP contribution in [-0.4, -0.2) is 47.3 Å². The number of aliphatic hydroxyl groups is 2. The Balaban J connectivity index is 2.36. The van der Waals surface area contributed by atoms with E-state index >= 15 is 0 Å². The van der Waals surface area contributed by atoms with Crippen LogP contribution in [0.15, 0.2) is 24.3 Å². The van der Waals surface area contributed by atoms with Crippen molar-refractivity contribution in [1.82, 2.24) is 10.6 Å². The van der Waals surface area contributed by atoms with Crippen molar-refractivity contribution in [1.29, 1.82) is 0 Å². The lowest BCUT2D eigenvalue weighted by molar-refractivity contribution is -0.137. The largest absolute Gasteiger partial charge is 0.396 e. The lowest BCUT2D eigenvalue weighted by atomic mass is 9.87. The molecule has 0 fully saturated rings. The van der Waals surface area contributed by atoms with E-state index in [-0.39, 0.29) is 37.3 Å². The molecule has 0 saturated heterocycles. The Labute approximate surface area is 147 Å². The molecule has 0 unspecified atom stereocenters. The molecule has 0 radical (unpaired) electrons. The molecule has 25 heavy (non-hydrogen) atoms. The Morgan fingerprint density at radius 1 is 1.28 bits per heavy atom. The maximum atomic E-state index is 13.5. The lowest BCUT2D eigenvalue weighted by Crippen LogP contribution is -2.49. The predicted octanol–water partition coefficient (Wildman–Crippen LogP) is 0.759. The van der Waals surface area contributed by atoms with Crippen LogP contribution in [0.5, 0.6) is 0 Å². The van der Waals surface area contributed by atoms with Crippen molar-refractivity contribution >= 4 is 11.8 Å². The van der Waals surface area contributed by atoms with Crippen LogP contribution in [0.2, 0.25) is 0 Å². The molecule has 0 aromatic heterocycles. The molecule has 1 aromatic rings. The van der Waals surface area contributed by atoms with Crippen molar-refractivity contribution in [3.05, 3.63) is 35.6 Å². The Bertz CT molecular complexity index is 592. The summed E-state index contributed by atoms with van der Waals surface area (Å²) < 4.78 is 13.5. The summed E-state index contributed by atoms with van der Waals surface area (Å²) in [5.41, 5.74) is -0.468. The zero-order valence-corrected chi connectivity index (χ0v) is 14.9. The molecule has 1 aromatic carbocycles. The van der Waals surface area contributed by atoms with Gasteiger partial charge in [0.2, 0.25) is 11.8 Å². The third-order valence-corrected chi connectivity index (χ3v) is 3.97. The maximum absolute atomic E-state index is 13.5. The highest BCUT2D eigenvalue weighted by Crippen LogP contribution is 2.19. The molecule has 6 nitrogen and oxygen atoms in total. The van der Waals surface area contributed by atoms with Gasteiger partial charge in [-0.1, -0.05) is 32.0 Å². The van der Waals surface area contributed by atoms with E-state index in [2.05, 4.69) is 10.6 Å². The van der Waals surface area contributed by atoms with Gasteiger partial charge < -0.3 is 20.8 Å². The van der Waals surface area contributed by atoms with E-state index in [9.17, 15) is 19.1 Å². The Kier molecular flexibility index (Phi) is 7.99. The normalized spacial score (nSPS) is 13.8. The van der Waals surface area contributed by atoms with E-state index in [1.54, 1.807) is 39.0 Å². The van der Waals surface area contributed by atoms with Crippen LogP contribution in [0, 0.1) is 11.2 Å². The van der Waals surface area contributed by atoms with Crippen LogP contribution >= 0.6 is 0 Å². The molecule has 0 heterocycles. The summed E-state index contributed by atoms with van der Waals surface area (Å²) in [6.07, 6.45) is -0.915. The number of nitrogens with one attached hydrogen (secondary N) is 2. The fourth-order valence-corrected chi connectivity index (χ4v) is 2.14. The fourth-order valence-electron chi connectivity index (χ4n) is 2.14. The van der Waals surface area contributed by atoms with Gasteiger partial charge in [0.15, 0.2) is 0 Å². The van der Waals surface area contributed by atoms with Gasteiger partial charge in [0, 0.05) is 24.4 Å². The van der Waals surface area contributed by atoms with Crippen LogP contribution in [0.1, 0.15) is 32.8 Å². The highest BCUT2D eigenvalue weighted by atomic mass is 19.1. The van der Waals surface area contributed by atoms with E-state index in [4.69, 9.17) is 5.11 Å². The molecule has 2 atom stereocenters. The summed E-state index contributed by atoms with van der Waals surface area (Å²) in [4.78, 5) is 23.8. The number of carbonyl (C=O) groups is 2. The minimum absolute atomic E-state index is 0.138. The van der Waals surface area contributed by atoms with Gasteiger partial charge in [-0.3, -0.25) is 9.59 Å². The number of aryl methyl sites for hydroxylation is 1. The van der Waals surface area contributed by atoms with Crippen molar-refractivity contribution in [2.45, 2.75) is 45.8 Å². The summed E-state index contributed by atoms with van der Waals surface area (Å²) in [7, 11) is 0. The van der Waals surface area contributed by atoms with Crippen molar-refractivity contribution < 1.29 is 24.2 Å². The van der Waals surface area contributed by atoms with Crippen LogP contribution in [0.4, 0.5) is 4.39 Å². The minimum Gasteiger partial charge on any atom is -0.396 e. The number of hydrogen-bond acceptors (Lipinski definition) is 4. The molecule has 0 saturated carbocycles. The molecular weight excluding hydrogens is 327 g/mol. The minimum atomic E-state index is -1.35. The molecule has 0 bridgehead atoms. The summed E-state index contributed by atoms with van der Waals surface area (Å²) >= 11 is 0. The van der Waals surface area contributed by atoms with E-state index in [0.717, 1.165) is 0 Å². The predicted molar refractivity (Wildman–Crippen MR) is 92.2 cm³/mol. The molecule has 0 aliphatic carbocycles. The van der Waals surface area contributed by atoms with Crippen LogP contribution in [-0.2, 0) is 16.0 Å². The first-order chi connectivity index (χ1) is 11.7. The molecule has 7 heteroatoms. The van der Waals surface area contributed by atoms with Gasteiger partial charge in [-0.15, -0.1) is 0 Å². The standard InChI is InChI=1S/C18H27FN2O4/c1-12(10-20-17(25)16(24)18(2,3)11-22)21-15(23)9-8-13-6-4-5-7-14(13)19/h4-7,12,16,22,24H,8-11H2,1-3H3,(H,20,25)(H,21,23)/t12-,16-/m0/s1. The summed E-state index contributed by atoms with van der Waals surface area (Å²) in [5, 5.41) is 24.3. The molecule has 2 amide bonds. The van der Waals surface area contributed by atoms with Crippen molar-refractivity contribution in [2.24, 2.45) is 5.41 Å². The second kappa shape index (κ2) is 9.48. The number of halogens is 1. The lowest BCUT2D eigenvalue weighted by Gasteiger charge is -2.27. The average Bonchev–Trinajstić information content (AvgIpc) is 2.58. The zero-order chi connectivity index (χ0) is 19.0. The van der Waals surface area contributed by atoms with Gasteiger partial charge in [0.1, 0.15) is 11.9 Å². The number of benzene rings is 1. The highest BCUT2D eigenvalue weighted by molar-refractivity contribution is 5.81. The number of hydrogen-bond donors (Lipinski definition) is 4. The fraction of sp³-hybridized carbons (Fsp3) is 0.556. The quantitative estimate of drug-likeness (QED) is 0.526. The Morgan fingerprint density at radius 2 is 1.92 bits per heavy atom. The van der Waals surface area contributed by atoms with Gasteiger partial charge >= 0.3 is 0 Å². The molecule has 140 valence electrons. The topological polar surface area (TPSA) is 98.7 Å². The third kappa shape index (κ3) is 6.80. The van der Waals surface area contributed by atoms with Crippen LogP contribution in [0.25, 0.3) is 0 Å². The molecule has 4 N–H and O–H groups in total. The first kappa shape index (κ1) is 21.1. The van der Waals surface area contributed by atoms with Gasteiger partial charge in [-0.25, -0.2) is 4.39 Å². The van der Waals surface area contributed by atoms with Crippen LogP contribution in [0.3, 0.4) is 0 Å². The second-order valence-electron chi connectivity index (χ2n) is 6.85. The number of aliphatic hydroxyl groups excluding tert-OH is 2. The first-order valence-electron chi connectivity index (χ1n) is 8.26. The van der Waals surface area contributed by atoms with Gasteiger partial charge in [-0.2, -0.15) is 0 Å².